The van der Waals surface area contributed by atoms with E-state index in [-0.39, 0.29) is 5.57 Å². The summed E-state index contributed by atoms with van der Waals surface area (Å²) in [6.07, 6.45) is 2.33. The largest absolute Gasteiger partial charge is 0.493 e. The average molecular weight is 450 g/mol. The molecule has 0 atom stereocenters. The Kier molecular flexibility index (Phi) is 7.71. The van der Waals surface area contributed by atoms with Gasteiger partial charge in [-0.05, 0) is 58.3 Å². The predicted octanol–water partition coefficient (Wildman–Crippen LogP) is 5.45. The highest BCUT2D eigenvalue weighted by atomic mass is 79.9. The second-order valence-corrected chi connectivity index (χ2v) is 6.75. The smallest absolute Gasteiger partial charge is 0.266 e. The van der Waals surface area contributed by atoms with Crippen LogP contribution in [0.1, 0.15) is 18.9 Å². The fraction of sp³-hybridized carbons (Fsp3) is 0.200. The predicted molar refractivity (Wildman–Crippen MR) is 110 cm³/mol. The minimum Gasteiger partial charge on any atom is -0.493 e. The topological polar surface area (TPSA) is 71.3 Å². The summed E-state index contributed by atoms with van der Waals surface area (Å²) in [6, 6.07) is 12.2. The molecule has 2 rings (SSSR count). The summed E-state index contributed by atoms with van der Waals surface area (Å²) in [4.78, 5) is 12.4. The molecule has 1 amide bonds. The van der Waals surface area contributed by atoms with E-state index in [2.05, 4.69) is 21.2 Å². The van der Waals surface area contributed by atoms with Gasteiger partial charge in [-0.3, -0.25) is 4.79 Å². The van der Waals surface area contributed by atoms with E-state index >= 15 is 0 Å². The van der Waals surface area contributed by atoms with Crippen LogP contribution in [0.3, 0.4) is 0 Å². The molecule has 0 saturated heterocycles. The molecule has 0 bridgehead atoms. The molecule has 0 radical (unpaired) electrons. The van der Waals surface area contributed by atoms with Gasteiger partial charge in [0.2, 0.25) is 0 Å². The lowest BCUT2D eigenvalue weighted by Gasteiger charge is -2.13. The maximum absolute atomic E-state index is 12.4. The molecule has 0 heterocycles. The number of amides is 1. The molecule has 2 aromatic rings. The van der Waals surface area contributed by atoms with E-state index < -0.39 is 5.91 Å². The van der Waals surface area contributed by atoms with Gasteiger partial charge in [0.05, 0.1) is 28.9 Å². The summed E-state index contributed by atoms with van der Waals surface area (Å²) < 4.78 is 11.7. The third kappa shape index (κ3) is 5.49. The van der Waals surface area contributed by atoms with Crippen molar-refractivity contribution in [3.8, 4) is 17.6 Å². The summed E-state index contributed by atoms with van der Waals surface area (Å²) in [5.41, 5.74) is 0.993. The van der Waals surface area contributed by atoms with E-state index in [0.717, 1.165) is 6.42 Å². The van der Waals surface area contributed by atoms with E-state index in [0.29, 0.717) is 38.9 Å². The number of carbonyl (C=O) groups is 1. The van der Waals surface area contributed by atoms with E-state index in [1.54, 1.807) is 36.4 Å². The number of rotatable bonds is 7. The molecule has 0 spiro atoms. The summed E-state index contributed by atoms with van der Waals surface area (Å²) in [5.74, 6) is 0.537. The molecule has 0 saturated carbocycles. The van der Waals surface area contributed by atoms with Gasteiger partial charge in [-0.15, -0.1) is 0 Å². The van der Waals surface area contributed by atoms with Gasteiger partial charge in [0, 0.05) is 0 Å². The number of nitriles is 1. The first-order valence-corrected chi connectivity index (χ1v) is 9.35. The van der Waals surface area contributed by atoms with Crippen molar-refractivity contribution in [2.75, 3.05) is 19.0 Å². The molecule has 7 heteroatoms. The van der Waals surface area contributed by atoms with Crippen molar-refractivity contribution in [3.63, 3.8) is 0 Å². The highest BCUT2D eigenvalue weighted by molar-refractivity contribution is 9.10. The van der Waals surface area contributed by atoms with Crippen LogP contribution in [0.25, 0.3) is 6.08 Å². The van der Waals surface area contributed by atoms with Gasteiger partial charge in [-0.1, -0.05) is 30.7 Å². The van der Waals surface area contributed by atoms with E-state index in [4.69, 9.17) is 21.1 Å². The van der Waals surface area contributed by atoms with Crippen molar-refractivity contribution < 1.29 is 14.3 Å². The Bertz CT molecular complexity index is 907. The molecular formula is C20H18BrClN2O3. The van der Waals surface area contributed by atoms with Crippen molar-refractivity contribution in [2.24, 2.45) is 0 Å². The quantitative estimate of drug-likeness (QED) is 0.451. The number of nitrogens with one attached hydrogen (secondary N) is 1. The van der Waals surface area contributed by atoms with Crippen molar-refractivity contribution >= 4 is 45.2 Å². The van der Waals surface area contributed by atoms with Gasteiger partial charge in [0.25, 0.3) is 5.91 Å². The standard InChI is InChI=1S/C20H18BrClN2O3/c1-3-8-27-19-15(21)10-13(11-18(19)26-2)9-14(12-23)20(25)24-17-7-5-4-6-16(17)22/h4-7,9-11H,3,8H2,1-2H3,(H,24,25)/b14-9+. The zero-order valence-corrected chi connectivity index (χ0v) is 17.2. The maximum atomic E-state index is 12.4. The molecule has 0 aliphatic heterocycles. The van der Waals surface area contributed by atoms with Crippen LogP contribution in [-0.4, -0.2) is 19.6 Å². The van der Waals surface area contributed by atoms with Crippen molar-refractivity contribution in [1.82, 2.24) is 0 Å². The third-order valence-corrected chi connectivity index (χ3v) is 4.42. The number of hydrogen-bond acceptors (Lipinski definition) is 4. The number of hydrogen-bond donors (Lipinski definition) is 1. The monoisotopic (exact) mass is 448 g/mol. The van der Waals surface area contributed by atoms with Crippen LogP contribution in [0.5, 0.6) is 11.5 Å². The second-order valence-electron chi connectivity index (χ2n) is 5.49. The Morgan fingerprint density at radius 1 is 1.37 bits per heavy atom. The van der Waals surface area contributed by atoms with Crippen LogP contribution in [-0.2, 0) is 4.79 Å². The Hall–Kier alpha value is -2.49. The zero-order chi connectivity index (χ0) is 19.8. The molecular weight excluding hydrogens is 432 g/mol. The summed E-state index contributed by atoms with van der Waals surface area (Å²) >= 11 is 9.49. The van der Waals surface area contributed by atoms with Gasteiger partial charge in [0.1, 0.15) is 11.6 Å². The number of ether oxygens (including phenoxy) is 2. The van der Waals surface area contributed by atoms with Gasteiger partial charge in [-0.25, -0.2) is 0 Å². The highest BCUT2D eigenvalue weighted by Gasteiger charge is 2.14. The molecule has 27 heavy (non-hydrogen) atoms. The molecule has 0 aliphatic rings. The molecule has 2 aromatic carbocycles. The lowest BCUT2D eigenvalue weighted by Crippen LogP contribution is -2.13. The van der Waals surface area contributed by atoms with E-state index in [1.807, 2.05) is 13.0 Å². The van der Waals surface area contributed by atoms with Crippen LogP contribution < -0.4 is 14.8 Å². The van der Waals surface area contributed by atoms with Crippen LogP contribution in [0.2, 0.25) is 5.02 Å². The fourth-order valence-corrected chi connectivity index (χ4v) is 2.99. The lowest BCUT2D eigenvalue weighted by molar-refractivity contribution is -0.112. The van der Waals surface area contributed by atoms with Crippen molar-refractivity contribution in [3.05, 3.63) is 57.0 Å². The third-order valence-electron chi connectivity index (χ3n) is 3.50. The van der Waals surface area contributed by atoms with Gasteiger partial charge >= 0.3 is 0 Å². The van der Waals surface area contributed by atoms with E-state index in [1.165, 1.54) is 13.2 Å². The van der Waals surface area contributed by atoms with Gasteiger partial charge in [-0.2, -0.15) is 5.26 Å². The lowest BCUT2D eigenvalue weighted by atomic mass is 10.1. The molecule has 140 valence electrons. The average Bonchev–Trinajstić information content (AvgIpc) is 2.66. The van der Waals surface area contributed by atoms with Crippen LogP contribution >= 0.6 is 27.5 Å². The number of carbonyl (C=O) groups excluding carboxylic acids is 1. The number of para-hydroxylation sites is 1. The highest BCUT2D eigenvalue weighted by Crippen LogP contribution is 2.37. The first-order chi connectivity index (χ1) is 13.0. The van der Waals surface area contributed by atoms with Crippen molar-refractivity contribution in [1.29, 1.82) is 5.26 Å². The minimum absolute atomic E-state index is 0.0638. The fourth-order valence-electron chi connectivity index (χ4n) is 2.23. The minimum atomic E-state index is -0.549. The van der Waals surface area contributed by atoms with Crippen molar-refractivity contribution in [2.45, 2.75) is 13.3 Å². The molecule has 0 aromatic heterocycles. The Morgan fingerprint density at radius 2 is 2.11 bits per heavy atom. The molecule has 0 fully saturated rings. The summed E-state index contributed by atoms with van der Waals surface area (Å²) in [5, 5.41) is 12.4. The number of anilines is 1. The van der Waals surface area contributed by atoms with Crippen LogP contribution in [0.15, 0.2) is 46.4 Å². The number of methoxy groups -OCH3 is 1. The van der Waals surface area contributed by atoms with Gasteiger partial charge < -0.3 is 14.8 Å². The number of benzene rings is 2. The van der Waals surface area contributed by atoms with Crippen LogP contribution in [0, 0.1) is 11.3 Å². The van der Waals surface area contributed by atoms with E-state index in [9.17, 15) is 10.1 Å². The Balaban J connectivity index is 2.31. The summed E-state index contributed by atoms with van der Waals surface area (Å²) in [7, 11) is 1.53. The molecule has 1 N–H and O–H groups in total. The Labute approximate surface area is 171 Å². The maximum Gasteiger partial charge on any atom is 0.266 e. The Morgan fingerprint density at radius 3 is 2.74 bits per heavy atom. The molecule has 5 nitrogen and oxygen atoms in total. The van der Waals surface area contributed by atoms with Gasteiger partial charge in [0.15, 0.2) is 11.5 Å². The summed E-state index contributed by atoms with van der Waals surface area (Å²) in [6.45, 7) is 2.56. The second kappa shape index (κ2) is 10.0. The normalized spacial score (nSPS) is 10.9. The molecule has 0 aliphatic carbocycles. The first kappa shape index (κ1) is 20.8. The number of halogens is 2. The SMILES string of the molecule is CCCOc1c(Br)cc(/C=C(\C#N)C(=O)Nc2ccccc2Cl)cc1OC. The number of nitrogens with zero attached hydrogens (tertiary/aromatic N) is 1. The first-order valence-electron chi connectivity index (χ1n) is 8.18. The van der Waals surface area contributed by atoms with Crippen LogP contribution in [0.4, 0.5) is 5.69 Å². The molecule has 0 unspecified atom stereocenters. The zero-order valence-electron chi connectivity index (χ0n) is 14.9.